The summed E-state index contributed by atoms with van der Waals surface area (Å²) in [5.41, 5.74) is -2.10. The molecular weight excluding hydrogens is 437 g/mol. The van der Waals surface area contributed by atoms with Crippen LogP contribution in [0.1, 0.15) is 35.3 Å². The Morgan fingerprint density at radius 3 is 2.32 bits per heavy atom. The monoisotopic (exact) mass is 456 g/mol. The van der Waals surface area contributed by atoms with Crippen LogP contribution in [0.2, 0.25) is 0 Å². The number of ether oxygens (including phenoxy) is 2. The largest absolute Gasteiger partial charge is 0.475 e. The molecule has 6 nitrogen and oxygen atoms in total. The van der Waals surface area contributed by atoms with Gasteiger partial charge in [0.25, 0.3) is 10.1 Å². The van der Waals surface area contributed by atoms with Crippen LogP contribution in [0.3, 0.4) is 0 Å². The maximum Gasteiger partial charge on any atom is 0.419 e. The Morgan fingerprint density at radius 2 is 1.74 bits per heavy atom. The summed E-state index contributed by atoms with van der Waals surface area (Å²) in [4.78, 5) is 12.1. The van der Waals surface area contributed by atoms with Crippen LogP contribution in [0.15, 0.2) is 48.5 Å². The maximum atomic E-state index is 13.4. The lowest BCUT2D eigenvalue weighted by molar-refractivity contribution is -0.139. The van der Waals surface area contributed by atoms with E-state index in [1.807, 2.05) is 0 Å². The summed E-state index contributed by atoms with van der Waals surface area (Å²) in [6.45, 7) is 2.28. The second kappa shape index (κ2) is 9.41. The van der Waals surface area contributed by atoms with Crippen LogP contribution in [0, 0.1) is 11.8 Å². The molecule has 2 aromatic carbocycles. The Balaban J connectivity index is 2.30. The lowest BCUT2D eigenvalue weighted by Gasteiger charge is -2.23. The molecule has 0 saturated carbocycles. The summed E-state index contributed by atoms with van der Waals surface area (Å²) in [7, 11) is -4.36. The van der Waals surface area contributed by atoms with Crippen molar-refractivity contribution in [3.05, 3.63) is 65.2 Å². The van der Waals surface area contributed by atoms with Crippen molar-refractivity contribution >= 4 is 16.1 Å². The van der Waals surface area contributed by atoms with Crippen LogP contribution in [-0.4, -0.2) is 36.9 Å². The van der Waals surface area contributed by atoms with Gasteiger partial charge in [-0.3, -0.25) is 4.55 Å². The topological polar surface area (TPSA) is 89.9 Å². The third-order valence-electron chi connectivity index (χ3n) is 3.74. The molecule has 0 spiro atoms. The zero-order chi connectivity index (χ0) is 23.3. The standard InChI is InChI=1S/C21H19F3O6S/c1-20(2,11-10-15-6-4-3-5-7-15)30-18-14-16(8-9-17(18)21(22,23)24)19(25)29-12-13-31(26,27)28/h3-9,14H,12-13H2,1-2H3,(H,26,27,28). The van der Waals surface area contributed by atoms with Crippen molar-refractivity contribution in [2.45, 2.75) is 25.6 Å². The average Bonchev–Trinajstić information content (AvgIpc) is 2.65. The minimum absolute atomic E-state index is 0.287. The van der Waals surface area contributed by atoms with Crippen LogP contribution < -0.4 is 4.74 Å². The van der Waals surface area contributed by atoms with Crippen molar-refractivity contribution in [3.63, 3.8) is 0 Å². The van der Waals surface area contributed by atoms with Crippen molar-refractivity contribution in [2.75, 3.05) is 12.4 Å². The second-order valence-corrected chi connectivity index (χ2v) is 8.43. The van der Waals surface area contributed by atoms with Crippen molar-refractivity contribution < 1.29 is 40.4 Å². The molecule has 0 aliphatic carbocycles. The molecule has 0 aromatic heterocycles. The van der Waals surface area contributed by atoms with E-state index in [2.05, 4.69) is 16.6 Å². The molecule has 2 aromatic rings. The van der Waals surface area contributed by atoms with Gasteiger partial charge in [-0.25, -0.2) is 4.79 Å². The molecule has 0 bridgehead atoms. The van der Waals surface area contributed by atoms with Crippen LogP contribution in [0.4, 0.5) is 13.2 Å². The molecule has 166 valence electrons. The second-order valence-electron chi connectivity index (χ2n) is 6.86. The van der Waals surface area contributed by atoms with E-state index in [4.69, 9.17) is 9.29 Å². The summed E-state index contributed by atoms with van der Waals surface area (Å²) in [5.74, 6) is 3.01. The highest BCUT2D eigenvalue weighted by Gasteiger charge is 2.36. The van der Waals surface area contributed by atoms with Gasteiger partial charge < -0.3 is 9.47 Å². The number of alkyl halides is 3. The van der Waals surface area contributed by atoms with Gasteiger partial charge in [0.2, 0.25) is 0 Å². The van der Waals surface area contributed by atoms with Gasteiger partial charge in [0.1, 0.15) is 18.1 Å². The number of esters is 1. The van der Waals surface area contributed by atoms with Crippen molar-refractivity contribution in [1.82, 2.24) is 0 Å². The summed E-state index contributed by atoms with van der Waals surface area (Å²) in [6, 6.07) is 11.2. The SMILES string of the molecule is CC(C)(C#Cc1ccccc1)Oc1cc(C(=O)OCCS(=O)(=O)O)ccc1C(F)(F)F. The van der Waals surface area contributed by atoms with Crippen molar-refractivity contribution in [2.24, 2.45) is 0 Å². The fourth-order valence-corrected chi connectivity index (χ4v) is 2.63. The maximum absolute atomic E-state index is 13.4. The molecule has 0 fully saturated rings. The number of rotatable bonds is 6. The Hall–Kier alpha value is -3.03. The van der Waals surface area contributed by atoms with Gasteiger partial charge in [0, 0.05) is 5.56 Å². The lowest BCUT2D eigenvalue weighted by atomic mass is 10.1. The number of halogens is 3. The summed E-state index contributed by atoms with van der Waals surface area (Å²) < 4.78 is 80.4. The summed E-state index contributed by atoms with van der Waals surface area (Å²) >= 11 is 0. The van der Waals surface area contributed by atoms with Gasteiger partial charge in [0.05, 0.1) is 11.1 Å². The molecule has 0 saturated heterocycles. The molecule has 0 unspecified atom stereocenters. The molecule has 10 heteroatoms. The van der Waals surface area contributed by atoms with Crippen LogP contribution in [-0.2, 0) is 21.0 Å². The molecule has 0 heterocycles. The third kappa shape index (κ3) is 7.96. The predicted octanol–water partition coefficient (Wildman–Crippen LogP) is 3.96. The van der Waals surface area contributed by atoms with Crippen LogP contribution in [0.25, 0.3) is 0 Å². The first-order chi connectivity index (χ1) is 14.3. The minimum atomic E-state index is -4.76. The van der Waals surface area contributed by atoms with E-state index in [0.29, 0.717) is 11.6 Å². The van der Waals surface area contributed by atoms with Crippen LogP contribution >= 0.6 is 0 Å². The zero-order valence-electron chi connectivity index (χ0n) is 16.6. The fraction of sp³-hybridized carbons (Fsp3) is 0.286. The number of carbonyl (C=O) groups is 1. The molecule has 1 N–H and O–H groups in total. The average molecular weight is 456 g/mol. The van der Waals surface area contributed by atoms with Gasteiger partial charge in [0.15, 0.2) is 5.60 Å². The number of hydrogen-bond donors (Lipinski definition) is 1. The summed E-state index contributed by atoms with van der Waals surface area (Å²) in [6.07, 6.45) is -4.76. The molecule has 31 heavy (non-hydrogen) atoms. The Labute approximate surface area is 177 Å². The van der Waals surface area contributed by atoms with Gasteiger partial charge in [-0.1, -0.05) is 30.0 Å². The van der Waals surface area contributed by atoms with E-state index in [1.165, 1.54) is 13.8 Å². The normalized spacial score (nSPS) is 11.9. The van der Waals surface area contributed by atoms with Gasteiger partial charge in [-0.2, -0.15) is 21.6 Å². The molecular formula is C21H19F3O6S. The minimum Gasteiger partial charge on any atom is -0.475 e. The Morgan fingerprint density at radius 1 is 1.10 bits per heavy atom. The lowest BCUT2D eigenvalue weighted by Crippen LogP contribution is -2.27. The highest BCUT2D eigenvalue weighted by atomic mass is 32.2. The van der Waals surface area contributed by atoms with E-state index in [1.54, 1.807) is 30.3 Å². The Kier molecular flexibility index (Phi) is 7.36. The molecule has 0 aliphatic rings. The van der Waals surface area contributed by atoms with Crippen LogP contribution in [0.5, 0.6) is 5.75 Å². The van der Waals surface area contributed by atoms with Crippen molar-refractivity contribution in [3.8, 4) is 17.6 Å². The molecule has 2 rings (SSSR count). The first kappa shape index (κ1) is 24.2. The predicted molar refractivity (Wildman–Crippen MR) is 106 cm³/mol. The first-order valence-electron chi connectivity index (χ1n) is 8.88. The van der Waals surface area contributed by atoms with E-state index in [0.717, 1.165) is 12.1 Å². The molecule has 0 aliphatic heterocycles. The number of carbonyl (C=O) groups excluding carboxylic acids is 1. The quantitative estimate of drug-likeness (QED) is 0.402. The van der Waals surface area contributed by atoms with E-state index >= 15 is 0 Å². The van der Waals surface area contributed by atoms with E-state index in [9.17, 15) is 26.4 Å². The van der Waals surface area contributed by atoms with Gasteiger partial charge in [-0.15, -0.1) is 0 Å². The van der Waals surface area contributed by atoms with Crippen molar-refractivity contribution in [1.29, 1.82) is 0 Å². The molecule has 0 amide bonds. The smallest absolute Gasteiger partial charge is 0.419 e. The van der Waals surface area contributed by atoms with Gasteiger partial charge >= 0.3 is 12.1 Å². The highest BCUT2D eigenvalue weighted by Crippen LogP contribution is 2.38. The molecule has 0 radical (unpaired) electrons. The van der Waals surface area contributed by atoms with E-state index in [-0.39, 0.29) is 5.56 Å². The zero-order valence-corrected chi connectivity index (χ0v) is 17.4. The van der Waals surface area contributed by atoms with E-state index < -0.39 is 51.5 Å². The third-order valence-corrected chi connectivity index (χ3v) is 4.43. The first-order valence-corrected chi connectivity index (χ1v) is 10.5. The molecule has 0 atom stereocenters. The Bertz CT molecular complexity index is 1100. The highest BCUT2D eigenvalue weighted by molar-refractivity contribution is 7.85. The fourth-order valence-electron chi connectivity index (χ4n) is 2.34. The van der Waals surface area contributed by atoms with Gasteiger partial charge in [-0.05, 0) is 44.2 Å². The number of hydrogen-bond acceptors (Lipinski definition) is 5. The summed E-state index contributed by atoms with van der Waals surface area (Å²) in [5, 5.41) is 0. The number of benzene rings is 2.